The summed E-state index contributed by atoms with van der Waals surface area (Å²) in [5.41, 5.74) is 12.7. The second-order valence-electron chi connectivity index (χ2n) is 13.3. The van der Waals surface area contributed by atoms with E-state index >= 15 is 0 Å². The summed E-state index contributed by atoms with van der Waals surface area (Å²) in [4.78, 5) is 2.33. The SMILES string of the molecule is c1ccc(-c2ccc(N(c3ccc(-c4ccc5c6ccccc6n6c5c4Oc4ccccc4-6)cc3)c3cccc4oc5ccccc5c34)cc2)cc1. The van der Waals surface area contributed by atoms with Gasteiger partial charge >= 0.3 is 0 Å². The van der Waals surface area contributed by atoms with E-state index in [-0.39, 0.29) is 0 Å². The van der Waals surface area contributed by atoms with E-state index in [4.69, 9.17) is 9.15 Å². The quantitative estimate of drug-likeness (QED) is 0.183. The van der Waals surface area contributed by atoms with E-state index in [9.17, 15) is 0 Å². The monoisotopic (exact) mass is 666 g/mol. The number of fused-ring (bicyclic) bond motifs is 8. The number of aromatic nitrogens is 1. The molecule has 0 bridgehead atoms. The minimum atomic E-state index is 0.854. The molecule has 0 saturated heterocycles. The lowest BCUT2D eigenvalue weighted by Crippen LogP contribution is -2.10. The van der Waals surface area contributed by atoms with Crippen molar-refractivity contribution in [3.05, 3.63) is 182 Å². The first-order valence-electron chi connectivity index (χ1n) is 17.6. The van der Waals surface area contributed by atoms with E-state index in [1.807, 2.05) is 18.2 Å². The molecule has 0 spiro atoms. The van der Waals surface area contributed by atoms with E-state index in [2.05, 4.69) is 173 Å². The van der Waals surface area contributed by atoms with Crippen molar-refractivity contribution in [1.82, 2.24) is 4.57 Å². The summed E-state index contributed by atoms with van der Waals surface area (Å²) >= 11 is 0. The van der Waals surface area contributed by atoms with Gasteiger partial charge in [0.1, 0.15) is 11.2 Å². The largest absolute Gasteiger partial charge is 0.456 e. The van der Waals surface area contributed by atoms with Crippen LogP contribution in [0.4, 0.5) is 17.1 Å². The summed E-state index contributed by atoms with van der Waals surface area (Å²) in [5, 5.41) is 4.58. The number of ether oxygens (including phenoxy) is 1. The third-order valence-corrected chi connectivity index (χ3v) is 10.4. The average molecular weight is 667 g/mol. The number of para-hydroxylation sites is 4. The van der Waals surface area contributed by atoms with Crippen molar-refractivity contribution < 1.29 is 9.15 Å². The zero-order chi connectivity index (χ0) is 34.2. The van der Waals surface area contributed by atoms with Crippen LogP contribution >= 0.6 is 0 Å². The van der Waals surface area contributed by atoms with Crippen molar-refractivity contribution in [3.63, 3.8) is 0 Å². The molecule has 4 heteroatoms. The summed E-state index contributed by atoms with van der Waals surface area (Å²) < 4.78 is 15.5. The van der Waals surface area contributed by atoms with Crippen LogP contribution in [0.25, 0.3) is 71.7 Å². The van der Waals surface area contributed by atoms with E-state index < -0.39 is 0 Å². The molecule has 244 valence electrons. The lowest BCUT2D eigenvalue weighted by Gasteiger charge is -2.27. The smallest absolute Gasteiger partial charge is 0.160 e. The Hall–Kier alpha value is -7.04. The molecule has 3 heterocycles. The molecule has 8 aromatic carbocycles. The minimum absolute atomic E-state index is 0.854. The van der Waals surface area contributed by atoms with Crippen LogP contribution < -0.4 is 9.64 Å². The van der Waals surface area contributed by atoms with Gasteiger partial charge in [0.15, 0.2) is 11.5 Å². The summed E-state index contributed by atoms with van der Waals surface area (Å²) in [7, 11) is 0. The summed E-state index contributed by atoms with van der Waals surface area (Å²) in [6, 6.07) is 64.1. The van der Waals surface area contributed by atoms with Crippen molar-refractivity contribution in [2.75, 3.05) is 4.90 Å². The first kappa shape index (κ1) is 28.8. The third kappa shape index (κ3) is 4.28. The molecule has 52 heavy (non-hydrogen) atoms. The number of furan rings is 1. The Labute approximate surface area is 300 Å². The van der Waals surface area contributed by atoms with Crippen LogP contribution in [0.15, 0.2) is 186 Å². The fraction of sp³-hybridized carbons (Fsp3) is 0. The van der Waals surface area contributed by atoms with Gasteiger partial charge in [0.2, 0.25) is 0 Å². The molecule has 0 radical (unpaired) electrons. The van der Waals surface area contributed by atoms with Crippen molar-refractivity contribution in [2.45, 2.75) is 0 Å². The molecule has 4 nitrogen and oxygen atoms in total. The Kier molecular flexibility index (Phi) is 6.22. The molecule has 2 aromatic heterocycles. The van der Waals surface area contributed by atoms with Crippen LogP contribution in [0.5, 0.6) is 11.5 Å². The van der Waals surface area contributed by atoms with Gasteiger partial charge < -0.3 is 18.6 Å². The van der Waals surface area contributed by atoms with E-state index in [0.717, 1.165) is 72.8 Å². The van der Waals surface area contributed by atoms with Gasteiger partial charge in [-0.2, -0.15) is 0 Å². The number of anilines is 3. The predicted octanol–water partition coefficient (Wildman–Crippen LogP) is 13.6. The van der Waals surface area contributed by atoms with Crippen LogP contribution in [0, 0.1) is 0 Å². The average Bonchev–Trinajstić information content (AvgIpc) is 3.77. The highest BCUT2D eigenvalue weighted by molar-refractivity contribution is 6.15. The molecule has 11 rings (SSSR count). The van der Waals surface area contributed by atoms with E-state index in [1.54, 1.807) is 0 Å². The molecule has 0 atom stereocenters. The van der Waals surface area contributed by atoms with Crippen LogP contribution in [-0.4, -0.2) is 4.57 Å². The van der Waals surface area contributed by atoms with Crippen LogP contribution in [-0.2, 0) is 0 Å². The van der Waals surface area contributed by atoms with Gasteiger partial charge in [-0.3, -0.25) is 0 Å². The number of hydrogen-bond donors (Lipinski definition) is 0. The molecule has 1 aliphatic rings. The Morgan fingerprint density at radius 2 is 1.10 bits per heavy atom. The summed E-state index contributed by atoms with van der Waals surface area (Å²) in [5.74, 6) is 1.73. The number of rotatable bonds is 5. The lowest BCUT2D eigenvalue weighted by atomic mass is 10.00. The number of hydrogen-bond acceptors (Lipinski definition) is 3. The van der Waals surface area contributed by atoms with Gasteiger partial charge in [0.25, 0.3) is 0 Å². The Morgan fingerprint density at radius 3 is 1.92 bits per heavy atom. The Balaban J connectivity index is 1.08. The molecule has 0 N–H and O–H groups in total. The van der Waals surface area contributed by atoms with Crippen LogP contribution in [0.3, 0.4) is 0 Å². The highest BCUT2D eigenvalue weighted by Gasteiger charge is 2.26. The number of benzene rings is 8. The molecule has 10 aromatic rings. The standard InChI is InChI=1S/C48H30N2O2/c1-2-11-31(12-3-1)32-21-25-34(26-22-32)49(42-17-10-20-45-46(42)39-14-5-8-18-43(39)51-45)35-27-23-33(24-28-35)36-29-30-38-37-13-4-6-15-40(37)50-41-16-7-9-19-44(41)52-48(36)47(38)50/h1-30H. The van der Waals surface area contributed by atoms with Gasteiger partial charge in [-0.1, -0.05) is 115 Å². The molecular formula is C48H30N2O2. The fourth-order valence-electron chi connectivity index (χ4n) is 8.04. The van der Waals surface area contributed by atoms with E-state index in [0.29, 0.717) is 0 Å². The molecule has 1 aliphatic heterocycles. The maximum atomic E-state index is 6.77. The van der Waals surface area contributed by atoms with Gasteiger partial charge in [0.05, 0.1) is 27.8 Å². The third-order valence-electron chi connectivity index (χ3n) is 10.4. The van der Waals surface area contributed by atoms with Gasteiger partial charge in [0, 0.05) is 33.1 Å². The first-order valence-corrected chi connectivity index (χ1v) is 17.6. The zero-order valence-corrected chi connectivity index (χ0v) is 28.0. The zero-order valence-electron chi connectivity index (χ0n) is 28.0. The van der Waals surface area contributed by atoms with Crippen LogP contribution in [0.1, 0.15) is 0 Å². The highest BCUT2D eigenvalue weighted by atomic mass is 16.5. The highest BCUT2D eigenvalue weighted by Crippen LogP contribution is 2.50. The summed E-state index contributed by atoms with van der Waals surface area (Å²) in [6.07, 6.45) is 0. The second-order valence-corrected chi connectivity index (χ2v) is 13.3. The van der Waals surface area contributed by atoms with Crippen LogP contribution in [0.2, 0.25) is 0 Å². The normalized spacial score (nSPS) is 12.0. The Morgan fingerprint density at radius 1 is 0.442 bits per heavy atom. The molecule has 0 aliphatic carbocycles. The maximum Gasteiger partial charge on any atom is 0.160 e. The lowest BCUT2D eigenvalue weighted by molar-refractivity contribution is 0.478. The van der Waals surface area contributed by atoms with Gasteiger partial charge in [-0.25, -0.2) is 0 Å². The Bertz CT molecular complexity index is 2970. The van der Waals surface area contributed by atoms with Crippen molar-refractivity contribution >= 4 is 60.8 Å². The fourth-order valence-corrected chi connectivity index (χ4v) is 8.04. The molecule has 0 fully saturated rings. The maximum absolute atomic E-state index is 6.77. The van der Waals surface area contributed by atoms with Crippen molar-refractivity contribution in [2.24, 2.45) is 0 Å². The first-order chi connectivity index (χ1) is 25.8. The predicted molar refractivity (Wildman–Crippen MR) is 214 cm³/mol. The summed E-state index contributed by atoms with van der Waals surface area (Å²) in [6.45, 7) is 0. The molecule has 0 amide bonds. The van der Waals surface area contributed by atoms with Gasteiger partial charge in [-0.05, 0) is 83.4 Å². The van der Waals surface area contributed by atoms with Gasteiger partial charge in [-0.15, -0.1) is 0 Å². The van der Waals surface area contributed by atoms with E-state index in [1.165, 1.54) is 27.4 Å². The second kappa shape index (κ2) is 11.2. The van der Waals surface area contributed by atoms with Crippen molar-refractivity contribution in [3.8, 4) is 39.4 Å². The molecule has 0 saturated carbocycles. The topological polar surface area (TPSA) is 30.5 Å². The number of nitrogens with zero attached hydrogens (tertiary/aromatic N) is 2. The molecular weight excluding hydrogens is 637 g/mol. The van der Waals surface area contributed by atoms with Crippen molar-refractivity contribution in [1.29, 1.82) is 0 Å². The molecule has 0 unspecified atom stereocenters. The minimum Gasteiger partial charge on any atom is -0.456 e.